The van der Waals surface area contributed by atoms with Crippen molar-refractivity contribution < 1.29 is 0 Å². The summed E-state index contributed by atoms with van der Waals surface area (Å²) in [6.07, 6.45) is 0. The standard InChI is InChI=1S/C35H25N/c1-35(2)29-18-10-8-15-24(29)27-21-20-26-23-14-6-7-16-25(23)31-28-17-9-11-19-30(28)36(22-12-4-3-5-13-22)34(31)32(26)33(27)35/h3-21H,1-2H3. The SMILES string of the molecule is CC1(C)c2ccccc2-c2ccc3c4ccccc4c4c5ccccc5n(-c5ccccc5)c4c3c21. The summed E-state index contributed by atoms with van der Waals surface area (Å²) in [7, 11) is 0. The fourth-order valence-corrected chi connectivity index (χ4v) is 6.87. The van der Waals surface area contributed by atoms with Crippen molar-refractivity contribution in [2.45, 2.75) is 19.3 Å². The summed E-state index contributed by atoms with van der Waals surface area (Å²) < 4.78 is 2.50. The van der Waals surface area contributed by atoms with E-state index in [9.17, 15) is 0 Å². The number of hydrogen-bond donors (Lipinski definition) is 0. The molecule has 0 N–H and O–H groups in total. The first-order valence-electron chi connectivity index (χ1n) is 12.7. The molecule has 0 saturated carbocycles. The highest BCUT2D eigenvalue weighted by Crippen LogP contribution is 2.54. The van der Waals surface area contributed by atoms with Crippen LogP contribution in [0.1, 0.15) is 25.0 Å². The summed E-state index contributed by atoms with van der Waals surface area (Å²) in [5.41, 5.74) is 9.25. The van der Waals surface area contributed by atoms with Gasteiger partial charge in [-0.05, 0) is 56.6 Å². The second-order valence-electron chi connectivity index (χ2n) is 10.5. The van der Waals surface area contributed by atoms with Crippen molar-refractivity contribution in [3.05, 3.63) is 126 Å². The molecule has 0 bridgehead atoms. The van der Waals surface area contributed by atoms with Gasteiger partial charge >= 0.3 is 0 Å². The number of para-hydroxylation sites is 2. The summed E-state index contributed by atoms with van der Waals surface area (Å²) in [5, 5.41) is 8.00. The van der Waals surface area contributed by atoms with Gasteiger partial charge in [-0.15, -0.1) is 0 Å². The molecule has 0 radical (unpaired) electrons. The summed E-state index contributed by atoms with van der Waals surface area (Å²) in [6, 6.07) is 42.4. The third-order valence-corrected chi connectivity index (χ3v) is 8.33. The Kier molecular flexibility index (Phi) is 3.79. The fourth-order valence-electron chi connectivity index (χ4n) is 6.87. The van der Waals surface area contributed by atoms with Crippen LogP contribution in [-0.2, 0) is 5.41 Å². The molecule has 8 rings (SSSR count). The van der Waals surface area contributed by atoms with E-state index in [0.717, 1.165) is 0 Å². The summed E-state index contributed by atoms with van der Waals surface area (Å²) >= 11 is 0. The van der Waals surface area contributed by atoms with E-state index in [1.54, 1.807) is 0 Å². The van der Waals surface area contributed by atoms with Crippen molar-refractivity contribution in [3.8, 4) is 16.8 Å². The smallest absolute Gasteiger partial charge is 0.0629 e. The Bertz CT molecular complexity index is 2000. The molecule has 0 spiro atoms. The number of nitrogens with zero attached hydrogens (tertiary/aromatic N) is 1. The molecular formula is C35H25N. The Morgan fingerprint density at radius 1 is 0.500 bits per heavy atom. The van der Waals surface area contributed by atoms with Crippen LogP contribution in [-0.4, -0.2) is 4.57 Å². The molecule has 6 aromatic carbocycles. The highest BCUT2D eigenvalue weighted by atomic mass is 15.0. The molecule has 0 saturated heterocycles. The van der Waals surface area contributed by atoms with Gasteiger partial charge in [0, 0.05) is 27.3 Å². The van der Waals surface area contributed by atoms with Gasteiger partial charge in [-0.3, -0.25) is 0 Å². The molecule has 170 valence electrons. The van der Waals surface area contributed by atoms with Crippen molar-refractivity contribution in [2.24, 2.45) is 0 Å². The van der Waals surface area contributed by atoms with E-state index in [1.165, 1.54) is 71.3 Å². The normalized spacial score (nSPS) is 14.1. The van der Waals surface area contributed by atoms with Crippen LogP contribution in [0.15, 0.2) is 115 Å². The predicted molar refractivity (Wildman–Crippen MR) is 153 cm³/mol. The van der Waals surface area contributed by atoms with Gasteiger partial charge in [-0.1, -0.05) is 111 Å². The van der Waals surface area contributed by atoms with E-state index in [4.69, 9.17) is 0 Å². The van der Waals surface area contributed by atoms with Gasteiger partial charge in [0.2, 0.25) is 0 Å². The van der Waals surface area contributed by atoms with Gasteiger partial charge in [-0.25, -0.2) is 0 Å². The van der Waals surface area contributed by atoms with Crippen LogP contribution in [0.4, 0.5) is 0 Å². The molecule has 7 aromatic rings. The lowest BCUT2D eigenvalue weighted by atomic mass is 9.79. The largest absolute Gasteiger partial charge is 0.309 e. The number of fused-ring (bicyclic) bond motifs is 12. The van der Waals surface area contributed by atoms with Crippen LogP contribution in [0.25, 0.3) is 60.2 Å². The monoisotopic (exact) mass is 459 g/mol. The summed E-state index contributed by atoms with van der Waals surface area (Å²) in [6.45, 7) is 4.79. The Labute approximate surface area is 210 Å². The molecule has 1 aliphatic rings. The molecule has 1 heterocycles. The topological polar surface area (TPSA) is 4.93 Å². The quantitative estimate of drug-likeness (QED) is 0.215. The lowest BCUT2D eigenvalue weighted by Gasteiger charge is -2.24. The number of hydrogen-bond acceptors (Lipinski definition) is 0. The second kappa shape index (κ2) is 6.86. The molecular weight excluding hydrogens is 434 g/mol. The Morgan fingerprint density at radius 3 is 1.97 bits per heavy atom. The van der Waals surface area contributed by atoms with Crippen LogP contribution in [0.2, 0.25) is 0 Å². The summed E-state index contributed by atoms with van der Waals surface area (Å²) in [4.78, 5) is 0. The molecule has 0 amide bonds. The van der Waals surface area contributed by atoms with Crippen molar-refractivity contribution in [2.75, 3.05) is 0 Å². The number of rotatable bonds is 1. The van der Waals surface area contributed by atoms with Crippen LogP contribution >= 0.6 is 0 Å². The average molecular weight is 460 g/mol. The van der Waals surface area contributed by atoms with E-state index in [-0.39, 0.29) is 5.41 Å². The van der Waals surface area contributed by atoms with E-state index < -0.39 is 0 Å². The van der Waals surface area contributed by atoms with Gasteiger partial charge in [0.25, 0.3) is 0 Å². The van der Waals surface area contributed by atoms with Crippen LogP contribution in [0, 0.1) is 0 Å². The van der Waals surface area contributed by atoms with Gasteiger partial charge in [0.15, 0.2) is 0 Å². The molecule has 0 aliphatic heterocycles. The first-order valence-corrected chi connectivity index (χ1v) is 12.7. The lowest BCUT2D eigenvalue weighted by Crippen LogP contribution is -2.16. The minimum atomic E-state index is -0.0984. The van der Waals surface area contributed by atoms with E-state index in [1.807, 2.05) is 0 Å². The first-order chi connectivity index (χ1) is 17.7. The third kappa shape index (κ3) is 2.35. The highest BCUT2D eigenvalue weighted by molar-refractivity contribution is 6.33. The van der Waals surface area contributed by atoms with Crippen molar-refractivity contribution in [3.63, 3.8) is 0 Å². The molecule has 1 heteroatoms. The fraction of sp³-hybridized carbons (Fsp3) is 0.0857. The second-order valence-corrected chi connectivity index (χ2v) is 10.5. The minimum Gasteiger partial charge on any atom is -0.309 e. The maximum atomic E-state index is 2.50. The zero-order valence-electron chi connectivity index (χ0n) is 20.4. The Hall–Kier alpha value is -4.36. The molecule has 1 aliphatic carbocycles. The van der Waals surface area contributed by atoms with E-state index >= 15 is 0 Å². The Morgan fingerprint density at radius 2 is 1.14 bits per heavy atom. The third-order valence-electron chi connectivity index (χ3n) is 8.33. The van der Waals surface area contributed by atoms with E-state index in [2.05, 4.69) is 134 Å². The maximum Gasteiger partial charge on any atom is 0.0629 e. The van der Waals surface area contributed by atoms with E-state index in [0.29, 0.717) is 0 Å². The first kappa shape index (κ1) is 19.9. The lowest BCUT2D eigenvalue weighted by molar-refractivity contribution is 0.666. The number of benzene rings is 6. The zero-order valence-corrected chi connectivity index (χ0v) is 20.4. The maximum absolute atomic E-state index is 2.50. The molecule has 1 nitrogen and oxygen atoms in total. The van der Waals surface area contributed by atoms with Gasteiger partial charge in [-0.2, -0.15) is 0 Å². The highest BCUT2D eigenvalue weighted by Gasteiger charge is 2.38. The van der Waals surface area contributed by atoms with Crippen molar-refractivity contribution in [1.29, 1.82) is 0 Å². The Balaban J connectivity index is 1.73. The molecule has 0 fully saturated rings. The van der Waals surface area contributed by atoms with Crippen molar-refractivity contribution in [1.82, 2.24) is 4.57 Å². The van der Waals surface area contributed by atoms with Crippen LogP contribution < -0.4 is 0 Å². The van der Waals surface area contributed by atoms with Crippen LogP contribution in [0.3, 0.4) is 0 Å². The predicted octanol–water partition coefficient (Wildman–Crippen LogP) is 9.40. The molecule has 36 heavy (non-hydrogen) atoms. The van der Waals surface area contributed by atoms with Gasteiger partial charge in [0.05, 0.1) is 11.0 Å². The zero-order chi connectivity index (χ0) is 24.0. The minimum absolute atomic E-state index is 0.0984. The van der Waals surface area contributed by atoms with Gasteiger partial charge in [0.1, 0.15) is 0 Å². The summed E-state index contributed by atoms with van der Waals surface area (Å²) in [5.74, 6) is 0. The number of aromatic nitrogens is 1. The van der Waals surface area contributed by atoms with Crippen LogP contribution in [0.5, 0.6) is 0 Å². The molecule has 0 unspecified atom stereocenters. The molecule has 1 aromatic heterocycles. The average Bonchev–Trinajstić information content (AvgIpc) is 3.39. The van der Waals surface area contributed by atoms with Gasteiger partial charge < -0.3 is 4.57 Å². The van der Waals surface area contributed by atoms with Crippen molar-refractivity contribution >= 4 is 43.4 Å². The molecule has 0 atom stereocenters.